The summed E-state index contributed by atoms with van der Waals surface area (Å²) >= 11 is 0. The van der Waals surface area contributed by atoms with Crippen LogP contribution >= 0.6 is 0 Å². The average molecular weight is 459 g/mol. The van der Waals surface area contributed by atoms with Crippen LogP contribution in [0.1, 0.15) is 56.0 Å². The van der Waals surface area contributed by atoms with E-state index >= 15 is 0 Å². The van der Waals surface area contributed by atoms with Crippen LogP contribution in [-0.2, 0) is 13.0 Å². The predicted molar refractivity (Wildman–Crippen MR) is 136 cm³/mol. The summed E-state index contributed by atoms with van der Waals surface area (Å²) in [4.78, 5) is 26.1. The summed E-state index contributed by atoms with van der Waals surface area (Å²) in [5.41, 5.74) is 9.25. The van der Waals surface area contributed by atoms with Gasteiger partial charge in [0.25, 0.3) is 5.56 Å². The Balaban J connectivity index is 1.61. The van der Waals surface area contributed by atoms with Crippen molar-refractivity contribution in [1.82, 2.24) is 19.9 Å². The fraction of sp³-hybridized carbons (Fsp3) is 0.321. The minimum absolute atomic E-state index is 0.163. The summed E-state index contributed by atoms with van der Waals surface area (Å²) in [6.07, 6.45) is 6.86. The molecular weight excluding hydrogens is 427 g/mol. The Bertz CT molecular complexity index is 1340. The van der Waals surface area contributed by atoms with Crippen LogP contribution in [0.2, 0.25) is 0 Å². The highest BCUT2D eigenvalue weighted by Crippen LogP contribution is 2.30. The van der Waals surface area contributed by atoms with Crippen LogP contribution in [0.5, 0.6) is 0 Å². The molecule has 0 bridgehead atoms. The molecule has 176 valence electrons. The van der Waals surface area contributed by atoms with Crippen molar-refractivity contribution in [3.8, 4) is 0 Å². The maximum absolute atomic E-state index is 14.4. The third-order valence-electron chi connectivity index (χ3n) is 6.72. The molecule has 5 nitrogen and oxygen atoms in total. The number of halogens is 1. The molecule has 3 heterocycles. The second-order valence-corrected chi connectivity index (χ2v) is 9.18. The second kappa shape index (κ2) is 9.37. The van der Waals surface area contributed by atoms with E-state index in [2.05, 4.69) is 27.5 Å². The maximum Gasteiger partial charge on any atom is 0.251 e. The minimum Gasteiger partial charge on any atom is -0.367 e. The smallest absolute Gasteiger partial charge is 0.251 e. The van der Waals surface area contributed by atoms with Gasteiger partial charge in [0.1, 0.15) is 12.0 Å². The standard InChI is InChI=1S/C28H31FN4O/c1-16-9-22(13-25(29)10-17(16)2)23-12-24-15-33(8-7-26(24)30-14-23)21(6)19(4)20(5)28-31-18(3)11-27(34)32-28/h9-14,25H,6-8,15H2,1-5H3,(H,31,32,34)/b20-19-. The third kappa shape index (κ3) is 4.86. The Labute approximate surface area is 200 Å². The number of rotatable bonds is 4. The molecule has 0 spiro atoms. The number of H-pyrrole nitrogens is 1. The molecule has 34 heavy (non-hydrogen) atoms. The van der Waals surface area contributed by atoms with E-state index in [0.717, 1.165) is 63.3 Å². The second-order valence-electron chi connectivity index (χ2n) is 9.18. The number of aromatic nitrogens is 3. The van der Waals surface area contributed by atoms with Crippen LogP contribution in [0.3, 0.4) is 0 Å². The monoisotopic (exact) mass is 458 g/mol. The molecule has 1 atom stereocenters. The molecule has 2 aliphatic rings. The zero-order chi connectivity index (χ0) is 24.6. The molecule has 0 saturated carbocycles. The van der Waals surface area contributed by atoms with Crippen molar-refractivity contribution in [2.24, 2.45) is 0 Å². The lowest BCUT2D eigenvalue weighted by Crippen LogP contribution is -2.31. The number of hydrogen-bond donors (Lipinski definition) is 1. The number of nitrogens with zero attached hydrogens (tertiary/aromatic N) is 3. The van der Waals surface area contributed by atoms with E-state index in [0.29, 0.717) is 18.1 Å². The Kier molecular flexibility index (Phi) is 6.51. The van der Waals surface area contributed by atoms with E-state index in [1.807, 2.05) is 46.9 Å². The fourth-order valence-electron chi connectivity index (χ4n) is 4.37. The largest absolute Gasteiger partial charge is 0.367 e. The van der Waals surface area contributed by atoms with Crippen LogP contribution in [0, 0.1) is 6.92 Å². The van der Waals surface area contributed by atoms with Gasteiger partial charge in [-0.25, -0.2) is 9.37 Å². The normalized spacial score (nSPS) is 18.8. The molecule has 0 saturated heterocycles. The molecule has 1 N–H and O–H groups in total. The van der Waals surface area contributed by atoms with E-state index in [-0.39, 0.29) is 5.56 Å². The number of aromatic amines is 1. The number of allylic oxidation sites excluding steroid dienone is 8. The molecule has 2 aromatic heterocycles. The van der Waals surface area contributed by atoms with Crippen LogP contribution in [0.15, 0.2) is 70.3 Å². The Morgan fingerprint density at radius 1 is 1.18 bits per heavy atom. The van der Waals surface area contributed by atoms with Gasteiger partial charge in [-0.3, -0.25) is 9.78 Å². The number of nitrogens with one attached hydrogen (secondary N) is 1. The quantitative estimate of drug-likeness (QED) is 0.618. The van der Waals surface area contributed by atoms with E-state index in [1.54, 1.807) is 12.2 Å². The molecule has 0 aromatic carbocycles. The van der Waals surface area contributed by atoms with Crippen LogP contribution in [0.4, 0.5) is 4.39 Å². The Hall–Kier alpha value is -3.54. The highest BCUT2D eigenvalue weighted by Gasteiger charge is 2.21. The van der Waals surface area contributed by atoms with Gasteiger partial charge in [0.15, 0.2) is 0 Å². The first-order valence-electron chi connectivity index (χ1n) is 11.5. The van der Waals surface area contributed by atoms with Crippen molar-refractivity contribution >= 4 is 11.1 Å². The third-order valence-corrected chi connectivity index (χ3v) is 6.72. The summed E-state index contributed by atoms with van der Waals surface area (Å²) in [5.74, 6) is 0.567. The van der Waals surface area contributed by atoms with Crippen molar-refractivity contribution < 1.29 is 4.39 Å². The number of fused-ring (bicyclic) bond motifs is 1. The molecule has 6 heteroatoms. The number of hydrogen-bond acceptors (Lipinski definition) is 4. The average Bonchev–Trinajstić information content (AvgIpc) is 2.93. The summed E-state index contributed by atoms with van der Waals surface area (Å²) in [6, 6.07) is 3.60. The van der Waals surface area contributed by atoms with Gasteiger partial charge in [0.05, 0.1) is 0 Å². The van der Waals surface area contributed by atoms with Crippen molar-refractivity contribution in [3.05, 3.63) is 104 Å². The van der Waals surface area contributed by atoms with Crippen LogP contribution in [-0.4, -0.2) is 32.6 Å². The molecule has 0 fully saturated rings. The fourth-order valence-corrected chi connectivity index (χ4v) is 4.37. The number of pyridine rings is 1. The van der Waals surface area contributed by atoms with Crippen molar-refractivity contribution in [2.45, 2.75) is 53.8 Å². The van der Waals surface area contributed by atoms with Gasteiger partial charge in [-0.2, -0.15) is 0 Å². The molecule has 2 aromatic rings. The lowest BCUT2D eigenvalue weighted by Gasteiger charge is -2.32. The van der Waals surface area contributed by atoms with Gasteiger partial charge in [-0.05, 0) is 86.3 Å². The predicted octanol–water partition coefficient (Wildman–Crippen LogP) is 5.47. The zero-order valence-electron chi connectivity index (χ0n) is 20.5. The van der Waals surface area contributed by atoms with Crippen molar-refractivity contribution in [2.75, 3.05) is 6.54 Å². The molecule has 4 rings (SSSR count). The van der Waals surface area contributed by atoms with Gasteiger partial charge >= 0.3 is 0 Å². The van der Waals surface area contributed by atoms with Crippen molar-refractivity contribution in [3.63, 3.8) is 0 Å². The first-order valence-corrected chi connectivity index (χ1v) is 11.5. The topological polar surface area (TPSA) is 61.9 Å². The van der Waals surface area contributed by atoms with Gasteiger partial charge in [-0.1, -0.05) is 12.7 Å². The van der Waals surface area contributed by atoms with Gasteiger partial charge < -0.3 is 9.88 Å². The summed E-state index contributed by atoms with van der Waals surface area (Å²) < 4.78 is 14.4. The number of aryl methyl sites for hydroxylation is 1. The van der Waals surface area contributed by atoms with Crippen LogP contribution < -0.4 is 5.56 Å². The summed E-state index contributed by atoms with van der Waals surface area (Å²) in [6.45, 7) is 15.5. The van der Waals surface area contributed by atoms with Gasteiger partial charge in [0.2, 0.25) is 0 Å². The maximum atomic E-state index is 14.4. The van der Waals surface area contributed by atoms with Crippen LogP contribution in [0.25, 0.3) is 11.1 Å². The van der Waals surface area contributed by atoms with E-state index in [1.165, 1.54) is 6.07 Å². The Morgan fingerprint density at radius 2 is 1.94 bits per heavy atom. The Morgan fingerprint density at radius 3 is 2.68 bits per heavy atom. The summed E-state index contributed by atoms with van der Waals surface area (Å²) in [5, 5.41) is 0. The summed E-state index contributed by atoms with van der Waals surface area (Å²) in [7, 11) is 0. The molecule has 1 aliphatic heterocycles. The number of alkyl halides is 1. The minimum atomic E-state index is -1.12. The van der Waals surface area contributed by atoms with E-state index in [9.17, 15) is 9.18 Å². The molecule has 1 aliphatic carbocycles. The first kappa shape index (κ1) is 23.6. The lowest BCUT2D eigenvalue weighted by molar-refractivity contribution is 0.326. The first-order chi connectivity index (χ1) is 16.1. The molecule has 0 radical (unpaired) electrons. The zero-order valence-corrected chi connectivity index (χ0v) is 20.5. The van der Waals surface area contributed by atoms with E-state index in [4.69, 9.17) is 4.98 Å². The lowest BCUT2D eigenvalue weighted by atomic mass is 9.97. The molecular formula is C28H31FN4O. The van der Waals surface area contributed by atoms with Gasteiger partial charge in [-0.15, -0.1) is 0 Å². The SMILES string of the molecule is C=C(/C(C)=C(/C)c1nc(C)cc(=O)[nH]1)N1CCc2ncc(C3=CC(F)C=C(C)C(C)=C3)cc2C1. The highest BCUT2D eigenvalue weighted by molar-refractivity contribution is 5.77. The van der Waals surface area contributed by atoms with Crippen molar-refractivity contribution in [1.29, 1.82) is 0 Å². The highest BCUT2D eigenvalue weighted by atomic mass is 19.1. The molecule has 0 amide bonds. The van der Waals surface area contributed by atoms with E-state index < -0.39 is 6.17 Å². The molecule has 1 unspecified atom stereocenters. The van der Waals surface area contributed by atoms with Gasteiger partial charge in [0, 0.05) is 54.4 Å².